The monoisotopic (exact) mass is 311 g/mol. The van der Waals surface area contributed by atoms with Gasteiger partial charge in [-0.15, -0.1) is 0 Å². The van der Waals surface area contributed by atoms with Gasteiger partial charge < -0.3 is 0 Å². The largest absolute Gasteiger partial charge is 0.296 e. The third-order valence-electron chi connectivity index (χ3n) is 3.30. The molecule has 0 unspecified atom stereocenters. The van der Waals surface area contributed by atoms with Crippen LogP contribution in [0, 0.1) is 0 Å². The summed E-state index contributed by atoms with van der Waals surface area (Å²) in [6.07, 6.45) is 1.89. The quantitative estimate of drug-likeness (QED) is 0.613. The summed E-state index contributed by atoms with van der Waals surface area (Å²) < 4.78 is 0.604. The SMILES string of the molecule is CN1C(=O)/C(=C/c2ccc(-c3ccccc3)cc2)SC1=S. The smallest absolute Gasteiger partial charge is 0.265 e. The Kier molecular flexibility index (Phi) is 3.90. The molecule has 1 heterocycles. The summed E-state index contributed by atoms with van der Waals surface area (Å²) in [5, 5.41) is 0. The number of thioether (sulfide) groups is 1. The molecule has 0 bridgehead atoms. The number of hydrogen-bond acceptors (Lipinski definition) is 3. The van der Waals surface area contributed by atoms with Crippen LogP contribution in [0.15, 0.2) is 59.5 Å². The Labute approximate surface area is 133 Å². The Bertz CT molecular complexity index is 720. The second-order valence-corrected chi connectivity index (χ2v) is 6.40. The second-order valence-electron chi connectivity index (χ2n) is 4.73. The molecule has 1 saturated heterocycles. The van der Waals surface area contributed by atoms with Crippen LogP contribution in [0.25, 0.3) is 17.2 Å². The molecule has 1 fully saturated rings. The van der Waals surface area contributed by atoms with Gasteiger partial charge >= 0.3 is 0 Å². The Morgan fingerprint density at radius 1 is 1.00 bits per heavy atom. The molecule has 0 aromatic heterocycles. The second kappa shape index (κ2) is 5.84. The number of carbonyl (C=O) groups excluding carboxylic acids is 1. The van der Waals surface area contributed by atoms with E-state index in [2.05, 4.69) is 24.3 Å². The molecular weight excluding hydrogens is 298 g/mol. The molecule has 0 spiro atoms. The van der Waals surface area contributed by atoms with Crippen molar-refractivity contribution in [1.29, 1.82) is 0 Å². The van der Waals surface area contributed by atoms with Crippen LogP contribution >= 0.6 is 24.0 Å². The van der Waals surface area contributed by atoms with Crippen molar-refractivity contribution in [2.45, 2.75) is 0 Å². The highest BCUT2D eigenvalue weighted by Gasteiger charge is 2.28. The van der Waals surface area contributed by atoms with E-state index in [-0.39, 0.29) is 5.91 Å². The number of likely N-dealkylation sites (N-methyl/N-ethyl adjacent to an activating group) is 1. The van der Waals surface area contributed by atoms with Crippen LogP contribution in [0.3, 0.4) is 0 Å². The van der Waals surface area contributed by atoms with Gasteiger partial charge in [-0.3, -0.25) is 9.69 Å². The van der Waals surface area contributed by atoms with Gasteiger partial charge in [-0.2, -0.15) is 0 Å². The number of benzene rings is 2. The van der Waals surface area contributed by atoms with Gasteiger partial charge in [-0.25, -0.2) is 0 Å². The highest BCUT2D eigenvalue weighted by atomic mass is 32.2. The fourth-order valence-corrected chi connectivity index (χ4v) is 3.28. The molecule has 2 nitrogen and oxygen atoms in total. The lowest BCUT2D eigenvalue weighted by atomic mass is 10.0. The van der Waals surface area contributed by atoms with Gasteiger partial charge in [0.1, 0.15) is 4.32 Å². The predicted octanol–water partition coefficient (Wildman–Crippen LogP) is 4.18. The summed E-state index contributed by atoms with van der Waals surface area (Å²) in [6.45, 7) is 0. The minimum Gasteiger partial charge on any atom is -0.296 e. The van der Waals surface area contributed by atoms with E-state index in [1.54, 1.807) is 7.05 Å². The van der Waals surface area contributed by atoms with Crippen LogP contribution in [0.4, 0.5) is 0 Å². The molecule has 0 atom stereocenters. The van der Waals surface area contributed by atoms with E-state index in [4.69, 9.17) is 12.2 Å². The van der Waals surface area contributed by atoms with Crippen molar-refractivity contribution in [1.82, 2.24) is 4.90 Å². The molecule has 1 aliphatic rings. The van der Waals surface area contributed by atoms with Crippen LogP contribution in [0.2, 0.25) is 0 Å². The molecule has 2 aromatic rings. The summed E-state index contributed by atoms with van der Waals surface area (Å²) in [4.78, 5) is 14.1. The topological polar surface area (TPSA) is 20.3 Å². The molecule has 0 radical (unpaired) electrons. The molecule has 1 amide bonds. The van der Waals surface area contributed by atoms with Gasteiger partial charge in [-0.05, 0) is 22.8 Å². The van der Waals surface area contributed by atoms with E-state index in [1.807, 2.05) is 36.4 Å². The fraction of sp³-hybridized carbons (Fsp3) is 0.0588. The van der Waals surface area contributed by atoms with Gasteiger partial charge in [-0.1, -0.05) is 78.6 Å². The lowest BCUT2D eigenvalue weighted by Gasteiger charge is -2.04. The fourth-order valence-electron chi connectivity index (χ4n) is 2.10. The molecule has 2 aromatic carbocycles. The Morgan fingerprint density at radius 3 is 2.19 bits per heavy atom. The van der Waals surface area contributed by atoms with Gasteiger partial charge in [0.2, 0.25) is 0 Å². The third kappa shape index (κ3) is 2.91. The Balaban J connectivity index is 1.86. The van der Waals surface area contributed by atoms with E-state index < -0.39 is 0 Å². The van der Waals surface area contributed by atoms with Crippen molar-refractivity contribution in [2.75, 3.05) is 7.05 Å². The highest BCUT2D eigenvalue weighted by molar-refractivity contribution is 8.26. The number of thiocarbonyl (C=S) groups is 1. The van der Waals surface area contributed by atoms with Crippen LogP contribution < -0.4 is 0 Å². The van der Waals surface area contributed by atoms with Crippen molar-refractivity contribution in [2.24, 2.45) is 0 Å². The first-order valence-corrected chi connectivity index (χ1v) is 7.75. The highest BCUT2D eigenvalue weighted by Crippen LogP contribution is 2.31. The van der Waals surface area contributed by atoms with E-state index in [0.717, 1.165) is 11.1 Å². The number of rotatable bonds is 2. The van der Waals surface area contributed by atoms with Crippen LogP contribution in [-0.4, -0.2) is 22.2 Å². The zero-order valence-electron chi connectivity index (χ0n) is 11.4. The number of hydrogen-bond donors (Lipinski definition) is 0. The minimum atomic E-state index is -0.0304. The predicted molar refractivity (Wildman–Crippen MR) is 92.8 cm³/mol. The maximum Gasteiger partial charge on any atom is 0.265 e. The van der Waals surface area contributed by atoms with Crippen molar-refractivity contribution in [3.63, 3.8) is 0 Å². The first-order chi connectivity index (χ1) is 10.1. The lowest BCUT2D eigenvalue weighted by Crippen LogP contribution is -2.22. The normalized spacial score (nSPS) is 16.8. The van der Waals surface area contributed by atoms with Gasteiger partial charge in [0.25, 0.3) is 5.91 Å². The average molecular weight is 311 g/mol. The van der Waals surface area contributed by atoms with Crippen LogP contribution in [-0.2, 0) is 4.79 Å². The summed E-state index contributed by atoms with van der Waals surface area (Å²) in [7, 11) is 1.71. The first-order valence-electron chi connectivity index (χ1n) is 6.52. The lowest BCUT2D eigenvalue weighted by molar-refractivity contribution is -0.121. The van der Waals surface area contributed by atoms with Gasteiger partial charge in [0.05, 0.1) is 4.91 Å². The molecule has 0 aliphatic carbocycles. The van der Waals surface area contributed by atoms with Gasteiger partial charge in [0, 0.05) is 7.05 Å². The van der Waals surface area contributed by atoms with Crippen molar-refractivity contribution >= 4 is 40.3 Å². The van der Waals surface area contributed by atoms with E-state index in [9.17, 15) is 4.79 Å². The number of amides is 1. The molecule has 21 heavy (non-hydrogen) atoms. The summed E-state index contributed by atoms with van der Waals surface area (Å²) in [5.74, 6) is -0.0304. The number of nitrogens with zero attached hydrogens (tertiary/aromatic N) is 1. The maximum atomic E-state index is 12.0. The van der Waals surface area contributed by atoms with E-state index >= 15 is 0 Å². The third-order valence-corrected chi connectivity index (χ3v) is 4.79. The Hall–Kier alpha value is -1.91. The van der Waals surface area contributed by atoms with Gasteiger partial charge in [0.15, 0.2) is 0 Å². The van der Waals surface area contributed by atoms with E-state index in [0.29, 0.717) is 9.23 Å². The van der Waals surface area contributed by atoms with Crippen LogP contribution in [0.5, 0.6) is 0 Å². The molecular formula is C17H13NOS2. The van der Waals surface area contributed by atoms with Crippen LogP contribution in [0.1, 0.15) is 5.56 Å². The maximum absolute atomic E-state index is 12.0. The first kappa shape index (κ1) is 14.0. The Morgan fingerprint density at radius 2 is 1.62 bits per heavy atom. The zero-order valence-corrected chi connectivity index (χ0v) is 13.1. The summed E-state index contributed by atoms with van der Waals surface area (Å²) >= 11 is 6.47. The summed E-state index contributed by atoms with van der Waals surface area (Å²) in [6, 6.07) is 18.4. The summed E-state index contributed by atoms with van der Waals surface area (Å²) in [5.41, 5.74) is 3.35. The molecule has 4 heteroatoms. The molecule has 104 valence electrons. The minimum absolute atomic E-state index is 0.0304. The van der Waals surface area contributed by atoms with Crippen molar-refractivity contribution < 1.29 is 4.79 Å². The zero-order chi connectivity index (χ0) is 14.8. The van der Waals surface area contributed by atoms with Crippen molar-refractivity contribution in [3.8, 4) is 11.1 Å². The molecule has 3 rings (SSSR count). The average Bonchev–Trinajstić information content (AvgIpc) is 2.76. The number of carbonyl (C=O) groups is 1. The molecule has 0 N–H and O–H groups in total. The molecule has 1 aliphatic heterocycles. The van der Waals surface area contributed by atoms with Crippen molar-refractivity contribution in [3.05, 3.63) is 65.1 Å². The van der Waals surface area contributed by atoms with E-state index in [1.165, 1.54) is 22.2 Å². The molecule has 0 saturated carbocycles. The standard InChI is InChI=1S/C17H13NOS2/c1-18-16(19)15(21-17(18)20)11-12-7-9-14(10-8-12)13-5-3-2-4-6-13/h2-11H,1H3/b15-11-.